The van der Waals surface area contributed by atoms with Gasteiger partial charge >= 0.3 is 0 Å². The van der Waals surface area contributed by atoms with Crippen LogP contribution in [0.15, 0.2) is 54.6 Å². The maximum absolute atomic E-state index is 12.1. The Balaban J connectivity index is 2.00. The summed E-state index contributed by atoms with van der Waals surface area (Å²) in [5.74, 6) is 0.101. The molecule has 1 aliphatic rings. The lowest BCUT2D eigenvalue weighted by molar-refractivity contribution is -0.120. The van der Waals surface area contributed by atoms with Gasteiger partial charge in [-0.25, -0.2) is 0 Å². The monoisotopic (exact) mass is 271 g/mol. The lowest BCUT2D eigenvalue weighted by Crippen LogP contribution is -2.18. The van der Waals surface area contributed by atoms with Crippen molar-refractivity contribution in [2.45, 2.75) is 11.8 Å². The highest BCUT2D eigenvalue weighted by Gasteiger charge is 2.36. The largest absolute Gasteiger partial charge is 0.355 e. The molecule has 1 saturated heterocycles. The Morgan fingerprint density at radius 3 is 2.47 bits per heavy atom. The van der Waals surface area contributed by atoms with Gasteiger partial charge in [-0.2, -0.15) is 0 Å². The first-order chi connectivity index (χ1) is 9.25. The van der Waals surface area contributed by atoms with Crippen molar-refractivity contribution in [3.63, 3.8) is 0 Å². The van der Waals surface area contributed by atoms with Crippen LogP contribution in [0, 0.1) is 0 Å². The number of carbonyl (C=O) groups is 1. The van der Waals surface area contributed by atoms with Crippen LogP contribution in [0.25, 0.3) is 0 Å². The quantitative estimate of drug-likeness (QED) is 0.892. The van der Waals surface area contributed by atoms with Crippen LogP contribution in [0.2, 0.25) is 5.02 Å². The molecule has 0 bridgehead atoms. The summed E-state index contributed by atoms with van der Waals surface area (Å²) >= 11 is 6.03. The molecule has 0 saturated carbocycles. The second-order valence-corrected chi connectivity index (χ2v) is 5.23. The van der Waals surface area contributed by atoms with Gasteiger partial charge in [-0.15, -0.1) is 0 Å². The Morgan fingerprint density at radius 1 is 1.00 bits per heavy atom. The molecule has 1 amide bonds. The van der Waals surface area contributed by atoms with E-state index in [-0.39, 0.29) is 17.7 Å². The van der Waals surface area contributed by atoms with Crippen LogP contribution in [-0.2, 0) is 4.79 Å². The topological polar surface area (TPSA) is 29.1 Å². The smallest absolute Gasteiger partial charge is 0.228 e. The van der Waals surface area contributed by atoms with E-state index in [0.717, 1.165) is 5.56 Å². The van der Waals surface area contributed by atoms with E-state index < -0.39 is 0 Å². The van der Waals surface area contributed by atoms with Gasteiger partial charge < -0.3 is 5.32 Å². The van der Waals surface area contributed by atoms with Gasteiger partial charge in [-0.1, -0.05) is 54.1 Å². The van der Waals surface area contributed by atoms with Crippen molar-refractivity contribution >= 4 is 17.5 Å². The van der Waals surface area contributed by atoms with E-state index in [1.54, 1.807) is 0 Å². The first-order valence-electron chi connectivity index (χ1n) is 6.34. The van der Waals surface area contributed by atoms with E-state index in [2.05, 4.69) is 17.4 Å². The van der Waals surface area contributed by atoms with Crippen LogP contribution in [0.5, 0.6) is 0 Å². The average Bonchev–Trinajstić information content (AvgIpc) is 2.82. The molecular formula is C16H14ClNO. The third-order valence-electron chi connectivity index (χ3n) is 3.62. The maximum Gasteiger partial charge on any atom is 0.228 e. The predicted octanol–water partition coefficient (Wildman–Crippen LogP) is 3.34. The summed E-state index contributed by atoms with van der Waals surface area (Å²) < 4.78 is 0. The van der Waals surface area contributed by atoms with E-state index >= 15 is 0 Å². The molecule has 2 atom stereocenters. The summed E-state index contributed by atoms with van der Waals surface area (Å²) in [4.78, 5) is 12.1. The summed E-state index contributed by atoms with van der Waals surface area (Å²) in [6, 6.07) is 17.7. The first-order valence-corrected chi connectivity index (χ1v) is 6.71. The summed E-state index contributed by atoms with van der Waals surface area (Å²) in [6.45, 7) is 0.681. The highest BCUT2D eigenvalue weighted by molar-refractivity contribution is 6.30. The number of carbonyl (C=O) groups excluding carboxylic acids is 1. The summed E-state index contributed by atoms with van der Waals surface area (Å²) in [5.41, 5.74) is 2.17. The summed E-state index contributed by atoms with van der Waals surface area (Å²) in [5, 5.41) is 3.62. The number of halogens is 1. The van der Waals surface area contributed by atoms with Crippen molar-refractivity contribution in [2.24, 2.45) is 0 Å². The van der Waals surface area contributed by atoms with Gasteiger partial charge in [0.15, 0.2) is 0 Å². The minimum absolute atomic E-state index is 0.0797. The molecule has 3 heteroatoms. The van der Waals surface area contributed by atoms with Crippen LogP contribution in [-0.4, -0.2) is 12.5 Å². The molecule has 96 valence electrons. The number of nitrogens with one attached hydrogen (secondary N) is 1. The van der Waals surface area contributed by atoms with E-state index in [0.29, 0.717) is 11.6 Å². The van der Waals surface area contributed by atoms with Crippen LogP contribution >= 0.6 is 11.6 Å². The van der Waals surface area contributed by atoms with Crippen molar-refractivity contribution in [3.8, 4) is 0 Å². The van der Waals surface area contributed by atoms with Gasteiger partial charge in [-0.3, -0.25) is 4.79 Å². The van der Waals surface area contributed by atoms with Crippen LogP contribution in [0.4, 0.5) is 0 Å². The number of benzene rings is 2. The van der Waals surface area contributed by atoms with Crippen molar-refractivity contribution in [1.82, 2.24) is 5.32 Å². The second-order valence-electron chi connectivity index (χ2n) is 4.80. The third-order valence-corrected chi connectivity index (χ3v) is 3.85. The molecule has 2 aromatic rings. The number of hydrogen-bond donors (Lipinski definition) is 1. The van der Waals surface area contributed by atoms with Gasteiger partial charge in [0.2, 0.25) is 5.91 Å². The van der Waals surface area contributed by atoms with E-state index in [4.69, 9.17) is 11.6 Å². The highest BCUT2D eigenvalue weighted by Crippen LogP contribution is 2.37. The SMILES string of the molecule is O=C1NC[C@@H](c2ccccc2)[C@@H]1c1cccc(Cl)c1. The molecule has 0 aromatic heterocycles. The zero-order valence-corrected chi connectivity index (χ0v) is 11.1. The molecule has 1 N–H and O–H groups in total. The van der Waals surface area contributed by atoms with Crippen LogP contribution in [0.1, 0.15) is 23.0 Å². The molecule has 2 aromatic carbocycles. The van der Waals surface area contributed by atoms with Crippen LogP contribution in [0.3, 0.4) is 0 Å². The molecule has 3 rings (SSSR count). The summed E-state index contributed by atoms with van der Waals surface area (Å²) in [6.07, 6.45) is 0. The number of amides is 1. The van der Waals surface area contributed by atoms with Crippen molar-refractivity contribution in [1.29, 1.82) is 0 Å². The van der Waals surface area contributed by atoms with E-state index in [1.807, 2.05) is 42.5 Å². The Hall–Kier alpha value is -1.80. The predicted molar refractivity (Wildman–Crippen MR) is 76.4 cm³/mol. The Morgan fingerprint density at radius 2 is 1.74 bits per heavy atom. The van der Waals surface area contributed by atoms with E-state index in [9.17, 15) is 4.79 Å². The number of hydrogen-bond acceptors (Lipinski definition) is 1. The Labute approximate surface area is 117 Å². The fraction of sp³-hybridized carbons (Fsp3) is 0.188. The minimum Gasteiger partial charge on any atom is -0.355 e. The minimum atomic E-state index is -0.152. The maximum atomic E-state index is 12.1. The van der Waals surface area contributed by atoms with Gasteiger partial charge in [0, 0.05) is 17.5 Å². The van der Waals surface area contributed by atoms with E-state index in [1.165, 1.54) is 5.56 Å². The standard InChI is InChI=1S/C16H14ClNO/c17-13-8-4-7-12(9-13)15-14(10-18-16(15)19)11-5-2-1-3-6-11/h1-9,14-15H,10H2,(H,18,19)/t14-,15-/m0/s1. The summed E-state index contributed by atoms with van der Waals surface area (Å²) in [7, 11) is 0. The third kappa shape index (κ3) is 2.36. The van der Waals surface area contributed by atoms with Gasteiger partial charge in [0.1, 0.15) is 0 Å². The molecule has 1 fully saturated rings. The molecule has 19 heavy (non-hydrogen) atoms. The zero-order valence-electron chi connectivity index (χ0n) is 10.3. The fourth-order valence-electron chi connectivity index (χ4n) is 2.72. The number of rotatable bonds is 2. The van der Waals surface area contributed by atoms with Gasteiger partial charge in [0.25, 0.3) is 0 Å². The molecule has 1 heterocycles. The lowest BCUT2D eigenvalue weighted by Gasteiger charge is -2.17. The molecule has 0 radical (unpaired) electrons. The average molecular weight is 272 g/mol. The molecular weight excluding hydrogens is 258 g/mol. The normalized spacial score (nSPS) is 22.3. The first kappa shape index (κ1) is 12.2. The van der Waals surface area contributed by atoms with Crippen molar-refractivity contribution < 1.29 is 4.79 Å². The van der Waals surface area contributed by atoms with Gasteiger partial charge in [-0.05, 0) is 23.3 Å². The van der Waals surface area contributed by atoms with Crippen LogP contribution < -0.4 is 5.32 Å². The Bertz CT molecular complexity index is 597. The van der Waals surface area contributed by atoms with Crippen molar-refractivity contribution in [3.05, 3.63) is 70.7 Å². The second kappa shape index (κ2) is 5.06. The highest BCUT2D eigenvalue weighted by atomic mass is 35.5. The van der Waals surface area contributed by atoms with Gasteiger partial charge in [0.05, 0.1) is 5.92 Å². The Kier molecular flexibility index (Phi) is 3.26. The lowest BCUT2D eigenvalue weighted by atomic mass is 9.84. The molecule has 0 spiro atoms. The molecule has 0 unspecified atom stereocenters. The molecule has 1 aliphatic heterocycles. The molecule has 2 nitrogen and oxygen atoms in total. The molecule has 0 aliphatic carbocycles. The zero-order chi connectivity index (χ0) is 13.2. The fourth-order valence-corrected chi connectivity index (χ4v) is 2.91. The van der Waals surface area contributed by atoms with Crippen molar-refractivity contribution in [2.75, 3.05) is 6.54 Å².